The molecule has 0 N–H and O–H groups in total. The first-order valence-electron chi connectivity index (χ1n) is 5.30. The van der Waals surface area contributed by atoms with Crippen molar-refractivity contribution in [2.24, 2.45) is 0 Å². The quantitative estimate of drug-likeness (QED) is 0.800. The number of morpholine rings is 1. The molecule has 1 aliphatic heterocycles. The minimum absolute atomic E-state index is 0.793. The zero-order valence-electron chi connectivity index (χ0n) is 8.77. The molecule has 0 spiro atoms. The molecule has 0 aliphatic carbocycles. The highest BCUT2D eigenvalue weighted by Gasteiger charge is 2.14. The van der Waals surface area contributed by atoms with Crippen molar-refractivity contribution in [3.63, 3.8) is 0 Å². The number of rotatable bonds is 1. The van der Waals surface area contributed by atoms with Gasteiger partial charge in [-0.15, -0.1) is 0 Å². The van der Waals surface area contributed by atoms with Gasteiger partial charge in [-0.3, -0.25) is 4.40 Å². The first-order chi connectivity index (χ1) is 7.84. The predicted octanol–water partition coefficient (Wildman–Crippen LogP) is 1.93. The summed E-state index contributed by atoms with van der Waals surface area (Å²) in [5.74, 6) is 1.14. The summed E-state index contributed by atoms with van der Waals surface area (Å²) in [6.45, 7) is 3.45. The van der Waals surface area contributed by atoms with E-state index in [0.29, 0.717) is 0 Å². The topological polar surface area (TPSA) is 29.8 Å². The molecule has 0 saturated carbocycles. The molecule has 1 aliphatic rings. The standard InChI is InChI=1S/C11H12BrN3O/c12-9-1-2-10-13-7-11(15(10)8-9)14-3-5-16-6-4-14/h1-2,7-8H,3-6H2. The van der Waals surface area contributed by atoms with Crippen molar-refractivity contribution in [3.05, 3.63) is 29.0 Å². The summed E-state index contributed by atoms with van der Waals surface area (Å²) in [6.07, 6.45) is 3.97. The van der Waals surface area contributed by atoms with Gasteiger partial charge in [0.15, 0.2) is 0 Å². The predicted molar refractivity (Wildman–Crippen MR) is 65.9 cm³/mol. The van der Waals surface area contributed by atoms with Crippen molar-refractivity contribution in [3.8, 4) is 0 Å². The lowest BCUT2D eigenvalue weighted by atomic mass is 10.4. The van der Waals surface area contributed by atoms with Crippen LogP contribution >= 0.6 is 15.9 Å². The molecule has 0 aromatic carbocycles. The van der Waals surface area contributed by atoms with Gasteiger partial charge in [-0.1, -0.05) is 0 Å². The molecule has 3 heterocycles. The molecule has 0 radical (unpaired) electrons. The van der Waals surface area contributed by atoms with Crippen LogP contribution in [0, 0.1) is 0 Å². The van der Waals surface area contributed by atoms with Gasteiger partial charge in [0.1, 0.15) is 11.5 Å². The Morgan fingerprint density at radius 1 is 1.25 bits per heavy atom. The van der Waals surface area contributed by atoms with Gasteiger partial charge >= 0.3 is 0 Å². The smallest absolute Gasteiger partial charge is 0.138 e. The maximum Gasteiger partial charge on any atom is 0.138 e. The highest BCUT2D eigenvalue weighted by atomic mass is 79.9. The Balaban J connectivity index is 2.05. The van der Waals surface area contributed by atoms with E-state index in [2.05, 4.69) is 30.2 Å². The van der Waals surface area contributed by atoms with E-state index >= 15 is 0 Å². The SMILES string of the molecule is Brc1ccc2ncc(N3CCOCC3)n2c1. The van der Waals surface area contributed by atoms with Crippen molar-refractivity contribution in [1.29, 1.82) is 0 Å². The molecule has 2 aromatic rings. The van der Waals surface area contributed by atoms with E-state index in [9.17, 15) is 0 Å². The van der Waals surface area contributed by atoms with Gasteiger partial charge in [-0.05, 0) is 28.1 Å². The molecule has 0 atom stereocenters. The lowest BCUT2D eigenvalue weighted by Crippen LogP contribution is -2.36. The molecular formula is C11H12BrN3O. The van der Waals surface area contributed by atoms with E-state index in [1.54, 1.807) is 0 Å². The molecule has 1 fully saturated rings. The fourth-order valence-corrected chi connectivity index (χ4v) is 2.31. The lowest BCUT2D eigenvalue weighted by Gasteiger charge is -2.27. The molecule has 0 bridgehead atoms. The molecule has 16 heavy (non-hydrogen) atoms. The fourth-order valence-electron chi connectivity index (χ4n) is 1.97. The number of hydrogen-bond donors (Lipinski definition) is 0. The number of ether oxygens (including phenoxy) is 1. The van der Waals surface area contributed by atoms with Crippen LogP contribution in [0.25, 0.3) is 5.65 Å². The highest BCUT2D eigenvalue weighted by Crippen LogP contribution is 2.20. The van der Waals surface area contributed by atoms with Crippen LogP contribution in [0.3, 0.4) is 0 Å². The molecule has 0 unspecified atom stereocenters. The number of aromatic nitrogens is 2. The number of imidazole rings is 1. The minimum Gasteiger partial charge on any atom is -0.378 e. The van der Waals surface area contributed by atoms with E-state index in [4.69, 9.17) is 4.74 Å². The summed E-state index contributed by atoms with van der Waals surface area (Å²) in [5, 5.41) is 0. The maximum atomic E-state index is 5.35. The first-order valence-corrected chi connectivity index (χ1v) is 6.09. The number of nitrogens with zero attached hydrogens (tertiary/aromatic N) is 3. The third-order valence-electron chi connectivity index (χ3n) is 2.79. The van der Waals surface area contributed by atoms with E-state index in [0.717, 1.165) is 42.2 Å². The van der Waals surface area contributed by atoms with Gasteiger partial charge in [-0.2, -0.15) is 0 Å². The Bertz CT molecular complexity index is 505. The Hall–Kier alpha value is -1.07. The van der Waals surface area contributed by atoms with Gasteiger partial charge < -0.3 is 9.64 Å². The van der Waals surface area contributed by atoms with Gasteiger partial charge in [-0.25, -0.2) is 4.98 Å². The third kappa shape index (κ3) is 1.70. The number of fused-ring (bicyclic) bond motifs is 1. The second-order valence-electron chi connectivity index (χ2n) is 3.79. The Morgan fingerprint density at radius 2 is 2.06 bits per heavy atom. The monoisotopic (exact) mass is 281 g/mol. The summed E-state index contributed by atoms with van der Waals surface area (Å²) in [4.78, 5) is 6.70. The zero-order valence-corrected chi connectivity index (χ0v) is 10.4. The lowest BCUT2D eigenvalue weighted by molar-refractivity contribution is 0.122. The summed E-state index contributed by atoms with van der Waals surface area (Å²) >= 11 is 3.48. The second kappa shape index (κ2) is 4.07. The van der Waals surface area contributed by atoms with Crippen LogP contribution in [0.1, 0.15) is 0 Å². The van der Waals surface area contributed by atoms with Crippen molar-refractivity contribution in [2.75, 3.05) is 31.2 Å². The summed E-state index contributed by atoms with van der Waals surface area (Å²) in [7, 11) is 0. The molecule has 0 amide bonds. The Labute approximate surface area is 102 Å². The molecule has 1 saturated heterocycles. The van der Waals surface area contributed by atoms with E-state index in [-0.39, 0.29) is 0 Å². The molecule has 3 rings (SSSR count). The molecule has 5 heteroatoms. The summed E-state index contributed by atoms with van der Waals surface area (Å²) < 4.78 is 8.52. The number of anilines is 1. The summed E-state index contributed by atoms with van der Waals surface area (Å²) in [5.41, 5.74) is 0.977. The number of pyridine rings is 1. The van der Waals surface area contributed by atoms with Gasteiger partial charge in [0.2, 0.25) is 0 Å². The number of halogens is 1. The van der Waals surface area contributed by atoms with E-state index in [1.807, 2.05) is 24.5 Å². The molecular weight excluding hydrogens is 270 g/mol. The largest absolute Gasteiger partial charge is 0.378 e. The van der Waals surface area contributed by atoms with Crippen LogP contribution in [0.4, 0.5) is 5.82 Å². The van der Waals surface area contributed by atoms with Crippen molar-refractivity contribution < 1.29 is 4.74 Å². The van der Waals surface area contributed by atoms with Crippen LogP contribution in [-0.4, -0.2) is 35.7 Å². The minimum atomic E-state index is 0.793. The van der Waals surface area contributed by atoms with E-state index < -0.39 is 0 Å². The molecule has 4 nitrogen and oxygen atoms in total. The first kappa shape index (κ1) is 10.1. The fraction of sp³-hybridized carbons (Fsp3) is 0.364. The zero-order chi connectivity index (χ0) is 11.0. The van der Waals surface area contributed by atoms with Crippen molar-refractivity contribution in [2.45, 2.75) is 0 Å². The van der Waals surface area contributed by atoms with Crippen molar-refractivity contribution in [1.82, 2.24) is 9.38 Å². The van der Waals surface area contributed by atoms with Crippen LogP contribution < -0.4 is 4.90 Å². The van der Waals surface area contributed by atoms with Crippen LogP contribution in [0.15, 0.2) is 29.0 Å². The van der Waals surface area contributed by atoms with E-state index in [1.165, 1.54) is 0 Å². The van der Waals surface area contributed by atoms with Gasteiger partial charge in [0.05, 0.1) is 19.4 Å². The van der Waals surface area contributed by atoms with Crippen molar-refractivity contribution >= 4 is 27.4 Å². The summed E-state index contributed by atoms with van der Waals surface area (Å²) in [6, 6.07) is 4.01. The Morgan fingerprint density at radius 3 is 2.88 bits per heavy atom. The Kier molecular flexibility index (Phi) is 2.57. The van der Waals surface area contributed by atoms with Gasteiger partial charge in [0.25, 0.3) is 0 Å². The molecule has 2 aromatic heterocycles. The average molecular weight is 282 g/mol. The molecule has 84 valence electrons. The normalized spacial score (nSPS) is 16.9. The second-order valence-corrected chi connectivity index (χ2v) is 4.71. The van der Waals surface area contributed by atoms with Crippen LogP contribution in [-0.2, 0) is 4.74 Å². The third-order valence-corrected chi connectivity index (χ3v) is 3.25. The maximum absolute atomic E-state index is 5.35. The van der Waals surface area contributed by atoms with Crippen LogP contribution in [0.2, 0.25) is 0 Å². The average Bonchev–Trinajstić information content (AvgIpc) is 2.73. The highest BCUT2D eigenvalue weighted by molar-refractivity contribution is 9.10. The number of hydrogen-bond acceptors (Lipinski definition) is 3. The van der Waals surface area contributed by atoms with Gasteiger partial charge in [0, 0.05) is 23.8 Å². The van der Waals surface area contributed by atoms with Crippen LogP contribution in [0.5, 0.6) is 0 Å².